The van der Waals surface area contributed by atoms with Gasteiger partial charge in [0.05, 0.1) is 0 Å². The highest BCUT2D eigenvalue weighted by molar-refractivity contribution is 6.58. The minimum absolute atomic E-state index is 0.504. The topological polar surface area (TPSA) is 17.1 Å². The van der Waals surface area contributed by atoms with E-state index in [9.17, 15) is 4.79 Å². The van der Waals surface area contributed by atoms with E-state index in [1.165, 1.54) is 0 Å². The first-order valence-electron chi connectivity index (χ1n) is 3.22. The van der Waals surface area contributed by atoms with Gasteiger partial charge in [0.25, 0.3) is 0 Å². The third-order valence-electron chi connectivity index (χ3n) is 1.54. The lowest BCUT2D eigenvalue weighted by Crippen LogP contribution is -2.13. The lowest BCUT2D eigenvalue weighted by atomic mass is 10.4. The van der Waals surface area contributed by atoms with E-state index >= 15 is 0 Å². The van der Waals surface area contributed by atoms with Crippen LogP contribution in [0.1, 0.15) is 6.42 Å². The first-order valence-corrected chi connectivity index (χ1v) is 6.73. The van der Waals surface area contributed by atoms with Gasteiger partial charge in [0.1, 0.15) is 6.29 Å². The van der Waals surface area contributed by atoms with Gasteiger partial charge >= 0.3 is 0 Å². The molecule has 0 amide bonds. The second kappa shape index (κ2) is 5.00. The summed E-state index contributed by atoms with van der Waals surface area (Å²) < 4.78 is 0. The Morgan fingerprint density at radius 1 is 1.67 bits per heavy atom. The fraction of sp³-hybridized carbons (Fsp3) is 0.833. The zero-order valence-corrected chi connectivity index (χ0v) is 7.84. The molecule has 0 saturated carbocycles. The number of halogens is 1. The fourth-order valence-corrected chi connectivity index (χ4v) is 2.84. The van der Waals surface area contributed by atoms with Gasteiger partial charge in [0.15, 0.2) is 0 Å². The molecule has 54 valence electrons. The second-order valence-electron chi connectivity index (χ2n) is 2.56. The Morgan fingerprint density at radius 3 is 2.33 bits per heavy atom. The molecule has 0 aromatic carbocycles. The summed E-state index contributed by atoms with van der Waals surface area (Å²) in [5.41, 5.74) is 0.504. The molecule has 0 spiro atoms. The Bertz CT molecular complexity index is 85.1. The zero-order chi connectivity index (χ0) is 7.28. The quantitative estimate of drug-likeness (QED) is 0.351. The average molecular weight is 165 g/mol. The monoisotopic (exact) mass is 164 g/mol. The van der Waals surface area contributed by atoms with Crippen LogP contribution in [0.4, 0.5) is 0 Å². The van der Waals surface area contributed by atoms with E-state index in [0.717, 1.165) is 6.29 Å². The van der Waals surface area contributed by atoms with Gasteiger partial charge in [-0.05, 0) is 5.54 Å². The minimum Gasteiger partial charge on any atom is -0.303 e. The predicted octanol–water partition coefficient (Wildman–Crippen LogP) is 1.67. The fourth-order valence-electron chi connectivity index (χ4n) is 0.637. The Balaban J connectivity index is 3.53. The molecule has 0 aliphatic rings. The van der Waals surface area contributed by atoms with Crippen LogP contribution in [0.15, 0.2) is 0 Å². The molecule has 0 fully saturated rings. The second-order valence-corrected chi connectivity index (χ2v) is 6.30. The normalized spacial score (nSPS) is 13.8. The van der Waals surface area contributed by atoms with Crippen molar-refractivity contribution in [2.75, 3.05) is 5.88 Å². The van der Waals surface area contributed by atoms with E-state index < -0.39 is 8.80 Å². The first-order chi connectivity index (χ1) is 4.22. The summed E-state index contributed by atoms with van der Waals surface area (Å²) in [6.45, 7) is 4.44. The molecule has 0 aliphatic carbocycles. The molecule has 0 bridgehead atoms. The Labute approximate surface area is 63.0 Å². The summed E-state index contributed by atoms with van der Waals surface area (Å²) in [6.07, 6.45) is 1.63. The van der Waals surface area contributed by atoms with E-state index in [1.807, 2.05) is 0 Å². The van der Waals surface area contributed by atoms with Crippen LogP contribution in [0.2, 0.25) is 18.6 Å². The summed E-state index contributed by atoms with van der Waals surface area (Å²) in [5.74, 6) is 0.655. The van der Waals surface area contributed by atoms with Crippen LogP contribution < -0.4 is 0 Å². The van der Waals surface area contributed by atoms with E-state index in [4.69, 9.17) is 11.6 Å². The molecule has 0 heterocycles. The average Bonchev–Trinajstić information content (AvgIpc) is 1.82. The van der Waals surface area contributed by atoms with Crippen LogP contribution in [0.3, 0.4) is 0 Å². The van der Waals surface area contributed by atoms with E-state index in [2.05, 4.69) is 13.1 Å². The molecule has 0 aromatic heterocycles. The van der Waals surface area contributed by atoms with Crippen LogP contribution in [-0.2, 0) is 4.79 Å². The maximum atomic E-state index is 10.0. The predicted molar refractivity (Wildman–Crippen MR) is 44.0 cm³/mol. The van der Waals surface area contributed by atoms with Crippen molar-refractivity contribution in [3.05, 3.63) is 0 Å². The molecule has 1 unspecified atom stereocenters. The highest BCUT2D eigenvalue weighted by Gasteiger charge is 2.11. The molecule has 0 aliphatic heterocycles. The zero-order valence-electron chi connectivity index (χ0n) is 5.93. The number of aldehydes is 1. The van der Waals surface area contributed by atoms with Crippen LogP contribution in [-0.4, -0.2) is 21.0 Å². The molecular weight excluding hydrogens is 152 g/mol. The van der Waals surface area contributed by atoms with Crippen molar-refractivity contribution in [3.8, 4) is 0 Å². The molecule has 0 aromatic rings. The number of hydrogen-bond acceptors (Lipinski definition) is 1. The van der Waals surface area contributed by atoms with Crippen LogP contribution in [0.5, 0.6) is 0 Å². The van der Waals surface area contributed by atoms with Crippen molar-refractivity contribution >= 4 is 26.7 Å². The van der Waals surface area contributed by atoms with Crippen molar-refractivity contribution in [3.63, 3.8) is 0 Å². The molecule has 9 heavy (non-hydrogen) atoms. The Kier molecular flexibility index (Phi) is 5.10. The molecule has 0 radical (unpaired) electrons. The van der Waals surface area contributed by atoms with Gasteiger partial charge in [-0.2, -0.15) is 0 Å². The lowest BCUT2D eigenvalue weighted by Gasteiger charge is -2.11. The van der Waals surface area contributed by atoms with Crippen molar-refractivity contribution in [2.24, 2.45) is 0 Å². The van der Waals surface area contributed by atoms with Gasteiger partial charge in [-0.15, -0.1) is 11.6 Å². The van der Waals surface area contributed by atoms with E-state index in [0.29, 0.717) is 17.8 Å². The van der Waals surface area contributed by atoms with E-state index in [-0.39, 0.29) is 0 Å². The number of carbonyl (C=O) groups is 1. The van der Waals surface area contributed by atoms with Gasteiger partial charge in [-0.1, -0.05) is 13.1 Å². The van der Waals surface area contributed by atoms with Gasteiger partial charge in [-0.25, -0.2) is 0 Å². The van der Waals surface area contributed by atoms with Crippen molar-refractivity contribution in [1.29, 1.82) is 0 Å². The van der Waals surface area contributed by atoms with Gasteiger partial charge in [-0.3, -0.25) is 0 Å². The standard InChI is InChI=1S/C6H13ClOSi/c1-9(2)6(5-7)3-4-8/h4,6,9H,3,5H2,1-2H3. The molecule has 3 heteroatoms. The van der Waals surface area contributed by atoms with Crippen LogP contribution in [0.25, 0.3) is 0 Å². The molecular formula is C6H13ClOSi. The minimum atomic E-state index is -0.666. The number of hydrogen-bond donors (Lipinski definition) is 0. The maximum Gasteiger partial charge on any atom is 0.120 e. The van der Waals surface area contributed by atoms with Gasteiger partial charge in [0.2, 0.25) is 0 Å². The van der Waals surface area contributed by atoms with Crippen molar-refractivity contribution < 1.29 is 4.79 Å². The van der Waals surface area contributed by atoms with Crippen molar-refractivity contribution in [1.82, 2.24) is 0 Å². The van der Waals surface area contributed by atoms with Gasteiger partial charge in [0, 0.05) is 21.1 Å². The smallest absolute Gasteiger partial charge is 0.120 e. The molecule has 0 rings (SSSR count). The summed E-state index contributed by atoms with van der Waals surface area (Å²) in [6, 6.07) is 0. The van der Waals surface area contributed by atoms with Crippen LogP contribution in [0, 0.1) is 0 Å². The summed E-state index contributed by atoms with van der Waals surface area (Å²) in [4.78, 5) is 10.0. The van der Waals surface area contributed by atoms with E-state index in [1.54, 1.807) is 0 Å². The summed E-state index contributed by atoms with van der Waals surface area (Å²) in [7, 11) is -0.666. The third kappa shape index (κ3) is 3.70. The maximum absolute atomic E-state index is 10.0. The number of rotatable bonds is 4. The number of carbonyl (C=O) groups excluding carboxylic acids is 1. The van der Waals surface area contributed by atoms with Crippen LogP contribution >= 0.6 is 11.6 Å². The van der Waals surface area contributed by atoms with Crippen molar-refractivity contribution in [2.45, 2.75) is 25.1 Å². The highest BCUT2D eigenvalue weighted by Crippen LogP contribution is 2.15. The SMILES string of the molecule is C[SiH](C)C(CCl)CC=O. The summed E-state index contributed by atoms with van der Waals surface area (Å²) in [5, 5.41) is 0. The molecule has 1 atom stereocenters. The molecule has 0 saturated heterocycles. The third-order valence-corrected chi connectivity index (χ3v) is 4.63. The highest BCUT2D eigenvalue weighted by atomic mass is 35.5. The number of alkyl halides is 1. The first kappa shape index (κ1) is 9.18. The van der Waals surface area contributed by atoms with Gasteiger partial charge < -0.3 is 4.79 Å². The Hall–Kier alpha value is 0.177. The Morgan fingerprint density at radius 2 is 2.22 bits per heavy atom. The molecule has 0 N–H and O–H groups in total. The summed E-state index contributed by atoms with van der Waals surface area (Å²) >= 11 is 5.62. The largest absolute Gasteiger partial charge is 0.303 e. The lowest BCUT2D eigenvalue weighted by molar-refractivity contribution is -0.107. The molecule has 1 nitrogen and oxygen atoms in total.